The Morgan fingerprint density at radius 1 is 1.40 bits per heavy atom. The van der Waals surface area contributed by atoms with Crippen molar-refractivity contribution in [3.8, 4) is 0 Å². The van der Waals surface area contributed by atoms with Crippen molar-refractivity contribution >= 4 is 45.4 Å². The largest absolute Gasteiger partial charge is 2.00 e. The summed E-state index contributed by atoms with van der Waals surface area (Å²) in [6, 6.07) is 0. The van der Waals surface area contributed by atoms with E-state index in [-0.39, 0.29) is 43.2 Å². The Morgan fingerprint density at radius 3 is 2.00 bits per heavy atom. The van der Waals surface area contributed by atoms with Gasteiger partial charge in [0.2, 0.25) is 0 Å². The fourth-order valence-electron chi connectivity index (χ4n) is 0.215. The van der Waals surface area contributed by atoms with Crippen molar-refractivity contribution in [2.75, 3.05) is 0 Å². The first-order valence-corrected chi connectivity index (χ1v) is 1.90. The van der Waals surface area contributed by atoms with Crippen molar-refractivity contribution in [1.82, 2.24) is 9.97 Å². The quantitative estimate of drug-likeness (QED) is 0.406. The number of hydrogen-bond donors (Lipinski definition) is 1. The number of nitrogens with zero attached hydrogens (tertiary/aromatic N) is 1. The molecule has 1 aromatic heterocycles. The first kappa shape index (κ1) is 16.8. The zero-order chi connectivity index (χ0) is 6.24. The SMILES string of the molecule is O.[Ca+2].[O-][B][O-].c1c[nH]cn1. The van der Waals surface area contributed by atoms with Gasteiger partial charge in [-0.15, -0.1) is 0 Å². The maximum absolute atomic E-state index is 8.25. The van der Waals surface area contributed by atoms with Gasteiger partial charge in [0.25, 0.3) is 0 Å². The van der Waals surface area contributed by atoms with E-state index in [9.17, 15) is 0 Å². The molecule has 1 aromatic rings. The van der Waals surface area contributed by atoms with E-state index in [0.717, 1.165) is 0 Å². The molecular weight excluding hydrogens is 163 g/mol. The van der Waals surface area contributed by atoms with E-state index in [2.05, 4.69) is 9.97 Å². The molecule has 0 aliphatic heterocycles. The van der Waals surface area contributed by atoms with Crippen LogP contribution in [0, 0.1) is 0 Å². The average molecular weight is 169 g/mol. The summed E-state index contributed by atoms with van der Waals surface area (Å²) in [4.78, 5) is 6.42. The third kappa shape index (κ3) is 15.8. The van der Waals surface area contributed by atoms with Gasteiger partial charge in [-0.05, 0) is 0 Å². The maximum atomic E-state index is 8.25. The zero-order valence-corrected chi connectivity index (χ0v) is 7.49. The van der Waals surface area contributed by atoms with Crippen molar-refractivity contribution in [1.29, 1.82) is 0 Å². The van der Waals surface area contributed by atoms with E-state index < -0.39 is 7.69 Å². The first-order valence-electron chi connectivity index (χ1n) is 1.90. The van der Waals surface area contributed by atoms with Crippen LogP contribution in [-0.4, -0.2) is 60.9 Å². The molecule has 0 fully saturated rings. The molecule has 5 nitrogen and oxygen atoms in total. The van der Waals surface area contributed by atoms with E-state index in [0.29, 0.717) is 0 Å². The predicted octanol–water partition coefficient (Wildman–Crippen LogP) is -3.55. The van der Waals surface area contributed by atoms with Crippen LogP contribution in [0.4, 0.5) is 0 Å². The van der Waals surface area contributed by atoms with Crippen LogP contribution in [-0.2, 0) is 0 Å². The molecule has 0 spiro atoms. The van der Waals surface area contributed by atoms with Gasteiger partial charge in [0.1, 0.15) is 0 Å². The molecule has 0 atom stereocenters. The smallest absolute Gasteiger partial charge is 0.900 e. The van der Waals surface area contributed by atoms with Gasteiger partial charge in [-0.1, -0.05) is 0 Å². The molecule has 10 heavy (non-hydrogen) atoms. The van der Waals surface area contributed by atoms with E-state index in [1.165, 1.54) is 0 Å². The Balaban J connectivity index is -0.0000000900. The number of rotatable bonds is 0. The topological polar surface area (TPSA) is 106 Å². The van der Waals surface area contributed by atoms with E-state index in [4.69, 9.17) is 10.0 Å². The molecular formula is C3H6BCaN2O3. The third-order valence-electron chi connectivity index (χ3n) is 0.406. The third-order valence-corrected chi connectivity index (χ3v) is 0.406. The fourth-order valence-corrected chi connectivity index (χ4v) is 0.215. The Morgan fingerprint density at radius 2 is 1.90 bits per heavy atom. The van der Waals surface area contributed by atoms with Crippen LogP contribution in [0.15, 0.2) is 18.7 Å². The zero-order valence-electron chi connectivity index (χ0n) is 5.28. The second-order valence-corrected chi connectivity index (χ2v) is 0.857. The van der Waals surface area contributed by atoms with Gasteiger partial charge in [-0.25, -0.2) is 12.7 Å². The monoisotopic (exact) mass is 169 g/mol. The van der Waals surface area contributed by atoms with E-state index >= 15 is 0 Å². The summed E-state index contributed by atoms with van der Waals surface area (Å²) in [6.45, 7) is 0. The average Bonchev–Trinajstić information content (AvgIpc) is 2.17. The first-order chi connectivity index (χ1) is 3.91. The van der Waals surface area contributed by atoms with Crippen LogP contribution < -0.4 is 10.0 Å². The summed E-state index contributed by atoms with van der Waals surface area (Å²) in [6.07, 6.45) is 5.08. The number of H-pyrrole nitrogens is 1. The summed E-state index contributed by atoms with van der Waals surface area (Å²) in [5.74, 6) is 0. The van der Waals surface area contributed by atoms with Gasteiger partial charge in [-0.2, -0.15) is 0 Å². The van der Waals surface area contributed by atoms with Crippen molar-refractivity contribution in [3.05, 3.63) is 18.7 Å². The van der Waals surface area contributed by atoms with Crippen molar-refractivity contribution in [2.45, 2.75) is 0 Å². The number of aromatic amines is 1. The van der Waals surface area contributed by atoms with Gasteiger partial charge >= 0.3 is 37.7 Å². The maximum Gasteiger partial charge on any atom is 2.00 e. The minimum absolute atomic E-state index is 0. The van der Waals surface area contributed by atoms with Crippen molar-refractivity contribution < 1.29 is 15.5 Å². The van der Waals surface area contributed by atoms with Crippen LogP contribution >= 0.6 is 0 Å². The Kier molecular flexibility index (Phi) is 27.2. The standard InChI is InChI=1S/C3H4N2.BO2.Ca.H2O/c1-2-5-3-4-1;2-1-3;;/h1-3H,(H,4,5);;;1H2/q;-2;+2;. The van der Waals surface area contributed by atoms with Gasteiger partial charge in [0.05, 0.1) is 6.33 Å². The summed E-state index contributed by atoms with van der Waals surface area (Å²) in [5, 5.41) is 16.5. The van der Waals surface area contributed by atoms with Crippen molar-refractivity contribution in [2.24, 2.45) is 0 Å². The summed E-state index contributed by atoms with van der Waals surface area (Å²) >= 11 is 0. The molecule has 0 aliphatic carbocycles. The molecule has 51 valence electrons. The van der Waals surface area contributed by atoms with E-state index in [1.54, 1.807) is 18.7 Å². The number of hydrogen-bond acceptors (Lipinski definition) is 3. The van der Waals surface area contributed by atoms with Gasteiger partial charge in [0, 0.05) is 12.4 Å². The molecule has 0 aliphatic rings. The summed E-state index contributed by atoms with van der Waals surface area (Å²) in [5.41, 5.74) is 0. The molecule has 7 heteroatoms. The Hall–Kier alpha value is 0.415. The molecule has 0 aromatic carbocycles. The van der Waals surface area contributed by atoms with Gasteiger partial charge in [0.15, 0.2) is 0 Å². The molecule has 0 saturated heterocycles. The summed E-state index contributed by atoms with van der Waals surface area (Å²) < 4.78 is 0. The van der Waals surface area contributed by atoms with Gasteiger partial charge < -0.3 is 20.5 Å². The molecule has 0 amide bonds. The van der Waals surface area contributed by atoms with Crippen LogP contribution in [0.2, 0.25) is 0 Å². The normalized spacial score (nSPS) is 5.40. The Labute approximate surface area is 89.1 Å². The molecule has 0 unspecified atom stereocenters. The predicted molar refractivity (Wildman–Crippen MR) is 33.7 cm³/mol. The number of aromatic nitrogens is 2. The number of imidazole rings is 1. The molecule has 1 radical (unpaired) electrons. The minimum atomic E-state index is -0.500. The van der Waals surface area contributed by atoms with Crippen LogP contribution in [0.5, 0.6) is 0 Å². The summed E-state index contributed by atoms with van der Waals surface area (Å²) in [7, 11) is -0.500. The Bertz CT molecular complexity index is 88.6. The second-order valence-electron chi connectivity index (χ2n) is 0.857. The molecule has 0 saturated carbocycles. The van der Waals surface area contributed by atoms with Crippen LogP contribution in [0.1, 0.15) is 0 Å². The van der Waals surface area contributed by atoms with Crippen LogP contribution in [0.3, 0.4) is 0 Å². The second kappa shape index (κ2) is 16.2. The van der Waals surface area contributed by atoms with Crippen LogP contribution in [0.25, 0.3) is 0 Å². The molecule has 3 N–H and O–H groups in total. The minimum Gasteiger partial charge on any atom is -0.900 e. The molecule has 1 heterocycles. The van der Waals surface area contributed by atoms with Crippen molar-refractivity contribution in [3.63, 3.8) is 0 Å². The van der Waals surface area contributed by atoms with Gasteiger partial charge in [-0.3, -0.25) is 0 Å². The molecule has 1 rings (SSSR count). The fraction of sp³-hybridized carbons (Fsp3) is 0. The van der Waals surface area contributed by atoms with E-state index in [1.807, 2.05) is 0 Å². The number of nitrogens with one attached hydrogen (secondary N) is 1. The molecule has 0 bridgehead atoms.